The molecule has 0 aliphatic heterocycles. The molecule has 2 aromatic rings. The van der Waals surface area contributed by atoms with Crippen LogP contribution in [0.4, 0.5) is 11.4 Å². The number of hydrogen-bond acceptors (Lipinski definition) is 2. The van der Waals surface area contributed by atoms with Crippen LogP contribution in [0.2, 0.25) is 0 Å². The molecule has 104 valence electrons. The zero-order valence-corrected chi connectivity index (χ0v) is 13.7. The van der Waals surface area contributed by atoms with Crippen molar-refractivity contribution in [1.29, 1.82) is 0 Å². The molecule has 3 nitrogen and oxygen atoms in total. The highest BCUT2D eigenvalue weighted by Gasteiger charge is 2.18. The van der Waals surface area contributed by atoms with Crippen LogP contribution in [0.5, 0.6) is 0 Å². The highest BCUT2D eigenvalue weighted by atomic mass is 127. The summed E-state index contributed by atoms with van der Waals surface area (Å²) in [6, 6.07) is 17.4. The zero-order valence-electron chi connectivity index (χ0n) is 11.5. The van der Waals surface area contributed by atoms with E-state index in [0.29, 0.717) is 0 Å². The van der Waals surface area contributed by atoms with E-state index in [1.54, 1.807) is 11.9 Å². The van der Waals surface area contributed by atoms with Gasteiger partial charge in [0.2, 0.25) is 5.91 Å². The minimum Gasteiger partial charge on any atom is -0.374 e. The van der Waals surface area contributed by atoms with Gasteiger partial charge in [0.25, 0.3) is 0 Å². The van der Waals surface area contributed by atoms with E-state index >= 15 is 0 Å². The number of amides is 1. The van der Waals surface area contributed by atoms with Gasteiger partial charge in [-0.15, -0.1) is 0 Å². The van der Waals surface area contributed by atoms with E-state index in [1.807, 2.05) is 61.5 Å². The number of nitrogens with one attached hydrogen (secondary N) is 1. The third-order valence-electron chi connectivity index (χ3n) is 3.05. The third-order valence-corrected chi connectivity index (χ3v) is 3.72. The van der Waals surface area contributed by atoms with Gasteiger partial charge < -0.3 is 10.2 Å². The third kappa shape index (κ3) is 3.72. The number of carbonyl (C=O) groups excluding carboxylic acids is 1. The van der Waals surface area contributed by atoms with Crippen LogP contribution in [0.15, 0.2) is 54.6 Å². The summed E-state index contributed by atoms with van der Waals surface area (Å²) in [5.74, 6) is 0.0371. The minimum atomic E-state index is -0.279. The molecule has 0 aliphatic rings. The number of likely N-dealkylation sites (N-methyl/N-ethyl adjacent to an activating group) is 1. The highest BCUT2D eigenvalue weighted by molar-refractivity contribution is 14.1. The van der Waals surface area contributed by atoms with Crippen LogP contribution in [0, 0.1) is 3.57 Å². The number of rotatable bonds is 4. The molecule has 0 aromatic heterocycles. The number of nitrogens with zero attached hydrogens (tertiary/aromatic N) is 1. The molecule has 0 spiro atoms. The molecule has 0 saturated heterocycles. The Balaban J connectivity index is 2.05. The summed E-state index contributed by atoms with van der Waals surface area (Å²) in [6.45, 7) is 1.88. The van der Waals surface area contributed by atoms with Gasteiger partial charge in [-0.1, -0.05) is 24.3 Å². The fraction of sp³-hybridized carbons (Fsp3) is 0.188. The van der Waals surface area contributed by atoms with E-state index in [9.17, 15) is 4.79 Å². The van der Waals surface area contributed by atoms with Crippen LogP contribution in [-0.2, 0) is 4.79 Å². The van der Waals surface area contributed by atoms with Gasteiger partial charge in [0.1, 0.15) is 6.04 Å². The number of halogens is 1. The topological polar surface area (TPSA) is 32.3 Å². The number of anilines is 2. The maximum atomic E-state index is 12.4. The van der Waals surface area contributed by atoms with E-state index in [0.717, 1.165) is 14.9 Å². The van der Waals surface area contributed by atoms with Crippen molar-refractivity contribution >= 4 is 39.9 Å². The molecule has 1 amide bonds. The van der Waals surface area contributed by atoms with Crippen molar-refractivity contribution in [2.45, 2.75) is 13.0 Å². The molecule has 1 atom stereocenters. The largest absolute Gasteiger partial charge is 0.374 e. The van der Waals surface area contributed by atoms with Gasteiger partial charge in [-0.25, -0.2) is 0 Å². The van der Waals surface area contributed by atoms with Crippen molar-refractivity contribution in [3.05, 3.63) is 58.2 Å². The highest BCUT2D eigenvalue weighted by Crippen LogP contribution is 2.16. The lowest BCUT2D eigenvalue weighted by Crippen LogP contribution is -2.39. The molecule has 0 heterocycles. The van der Waals surface area contributed by atoms with Gasteiger partial charge in [0, 0.05) is 22.0 Å². The van der Waals surface area contributed by atoms with Crippen molar-refractivity contribution < 1.29 is 4.79 Å². The van der Waals surface area contributed by atoms with Gasteiger partial charge >= 0.3 is 0 Å². The Hall–Kier alpha value is -1.56. The molecule has 2 rings (SSSR count). The average Bonchev–Trinajstić information content (AvgIpc) is 2.46. The van der Waals surface area contributed by atoms with Crippen molar-refractivity contribution in [3.8, 4) is 0 Å². The molecule has 0 aliphatic carbocycles. The Kier molecular flexibility index (Phi) is 5.00. The lowest BCUT2D eigenvalue weighted by Gasteiger charge is -2.23. The van der Waals surface area contributed by atoms with Gasteiger partial charge in [0.05, 0.1) is 0 Å². The number of carbonyl (C=O) groups is 1. The summed E-state index contributed by atoms with van der Waals surface area (Å²) < 4.78 is 1.14. The lowest BCUT2D eigenvalue weighted by molar-refractivity contribution is -0.118. The van der Waals surface area contributed by atoms with Crippen LogP contribution in [0.25, 0.3) is 0 Å². The van der Waals surface area contributed by atoms with E-state index in [2.05, 4.69) is 27.9 Å². The first-order valence-corrected chi connectivity index (χ1v) is 7.50. The van der Waals surface area contributed by atoms with Crippen molar-refractivity contribution in [3.63, 3.8) is 0 Å². The van der Waals surface area contributed by atoms with Crippen molar-refractivity contribution in [1.82, 2.24) is 0 Å². The molecule has 0 fully saturated rings. The van der Waals surface area contributed by atoms with Crippen LogP contribution < -0.4 is 10.2 Å². The maximum absolute atomic E-state index is 12.4. The number of para-hydroxylation sites is 1. The van der Waals surface area contributed by atoms with E-state index in [4.69, 9.17) is 0 Å². The van der Waals surface area contributed by atoms with E-state index in [-0.39, 0.29) is 11.9 Å². The maximum Gasteiger partial charge on any atom is 0.248 e. The van der Waals surface area contributed by atoms with Crippen LogP contribution in [0.1, 0.15) is 6.92 Å². The summed E-state index contributed by atoms with van der Waals surface area (Å²) >= 11 is 2.26. The first kappa shape index (κ1) is 14.8. The first-order valence-electron chi connectivity index (χ1n) is 6.42. The summed E-state index contributed by atoms with van der Waals surface area (Å²) in [7, 11) is 1.80. The first-order chi connectivity index (χ1) is 9.58. The monoisotopic (exact) mass is 380 g/mol. The Bertz CT molecular complexity index is 586. The fourth-order valence-electron chi connectivity index (χ4n) is 1.96. The molecule has 0 saturated carbocycles. The van der Waals surface area contributed by atoms with E-state index < -0.39 is 0 Å². The van der Waals surface area contributed by atoms with Gasteiger partial charge in [0.15, 0.2) is 0 Å². The molecule has 4 heteroatoms. The normalized spacial score (nSPS) is 11.8. The Morgan fingerprint density at radius 2 is 1.85 bits per heavy atom. The van der Waals surface area contributed by atoms with Crippen molar-refractivity contribution in [2.75, 3.05) is 17.3 Å². The smallest absolute Gasteiger partial charge is 0.248 e. The van der Waals surface area contributed by atoms with Crippen LogP contribution in [0.3, 0.4) is 0 Å². The summed E-state index contributed by atoms with van der Waals surface area (Å²) in [5.41, 5.74) is 1.85. The SMILES string of the molecule is C[C@@H](Nc1cccc(I)c1)C(=O)N(C)c1ccccc1. The second-order valence-corrected chi connectivity index (χ2v) is 5.85. The predicted molar refractivity (Wildman–Crippen MR) is 92.1 cm³/mol. The lowest BCUT2D eigenvalue weighted by atomic mass is 10.2. The summed E-state index contributed by atoms with van der Waals surface area (Å²) in [5, 5.41) is 3.24. The molecule has 0 radical (unpaired) electrons. The number of hydrogen-bond donors (Lipinski definition) is 1. The molecule has 20 heavy (non-hydrogen) atoms. The zero-order chi connectivity index (χ0) is 14.5. The summed E-state index contributed by atoms with van der Waals surface area (Å²) in [4.78, 5) is 14.1. The number of benzene rings is 2. The average molecular weight is 380 g/mol. The Labute approximate surface area is 133 Å². The Morgan fingerprint density at radius 3 is 2.50 bits per heavy atom. The van der Waals surface area contributed by atoms with Crippen LogP contribution in [-0.4, -0.2) is 19.0 Å². The Morgan fingerprint density at radius 1 is 1.15 bits per heavy atom. The van der Waals surface area contributed by atoms with E-state index in [1.165, 1.54) is 0 Å². The molecular formula is C16H17IN2O. The minimum absolute atomic E-state index is 0.0371. The van der Waals surface area contributed by atoms with Gasteiger partial charge in [-0.2, -0.15) is 0 Å². The molecular weight excluding hydrogens is 363 g/mol. The predicted octanol–water partition coefficient (Wildman–Crippen LogP) is 3.75. The second kappa shape index (κ2) is 6.74. The molecule has 2 aromatic carbocycles. The quantitative estimate of drug-likeness (QED) is 0.820. The van der Waals surface area contributed by atoms with Crippen molar-refractivity contribution in [2.24, 2.45) is 0 Å². The van der Waals surface area contributed by atoms with Crippen LogP contribution >= 0.6 is 22.6 Å². The second-order valence-electron chi connectivity index (χ2n) is 4.61. The molecule has 1 N–H and O–H groups in total. The van der Waals surface area contributed by atoms with Gasteiger partial charge in [-0.3, -0.25) is 4.79 Å². The van der Waals surface area contributed by atoms with Gasteiger partial charge in [-0.05, 0) is 59.8 Å². The fourth-order valence-corrected chi connectivity index (χ4v) is 2.50. The summed E-state index contributed by atoms with van der Waals surface area (Å²) in [6.07, 6.45) is 0. The molecule has 0 unspecified atom stereocenters. The molecule has 0 bridgehead atoms. The standard InChI is InChI=1S/C16H17IN2O/c1-12(18-14-8-6-7-13(17)11-14)16(20)19(2)15-9-4-3-5-10-15/h3-12,18H,1-2H3/t12-/m1/s1.